The van der Waals surface area contributed by atoms with Crippen LogP contribution in [0.1, 0.15) is 53.1 Å². The van der Waals surface area contributed by atoms with E-state index >= 15 is 0 Å². The molecule has 3 heterocycles. The van der Waals surface area contributed by atoms with Gasteiger partial charge in [0.05, 0.1) is 5.56 Å². The van der Waals surface area contributed by atoms with E-state index in [1.807, 2.05) is 6.07 Å². The van der Waals surface area contributed by atoms with Crippen molar-refractivity contribution in [3.63, 3.8) is 0 Å². The highest BCUT2D eigenvalue weighted by Gasteiger charge is 2.45. The molecule has 5 rings (SSSR count). The van der Waals surface area contributed by atoms with E-state index in [1.165, 1.54) is 11.0 Å². The van der Waals surface area contributed by atoms with Gasteiger partial charge in [0.1, 0.15) is 11.9 Å². The molecule has 3 fully saturated rings. The van der Waals surface area contributed by atoms with Crippen LogP contribution in [0.3, 0.4) is 0 Å². The SMILES string of the molecule is O=C1CCC(N2Cc3c(C4[C@@H]5CC[C@H]4CNC5)ccc(F)c3C2=O)C(=O)N1. The van der Waals surface area contributed by atoms with Gasteiger partial charge < -0.3 is 10.2 Å². The molecule has 4 atom stereocenters. The van der Waals surface area contributed by atoms with E-state index in [2.05, 4.69) is 10.6 Å². The van der Waals surface area contributed by atoms with Gasteiger partial charge in [-0.25, -0.2) is 4.39 Å². The highest BCUT2D eigenvalue weighted by molar-refractivity contribution is 6.05. The number of piperidine rings is 2. The number of hydrogen-bond donors (Lipinski definition) is 2. The van der Waals surface area contributed by atoms with Crippen molar-refractivity contribution in [2.24, 2.45) is 11.8 Å². The molecule has 1 aromatic carbocycles. The van der Waals surface area contributed by atoms with Crippen LogP contribution in [0.4, 0.5) is 4.39 Å². The normalized spacial score (nSPS) is 32.6. The molecule has 0 radical (unpaired) electrons. The zero-order valence-corrected chi connectivity index (χ0v) is 15.0. The van der Waals surface area contributed by atoms with Gasteiger partial charge in [0.2, 0.25) is 11.8 Å². The largest absolute Gasteiger partial charge is 0.322 e. The number of nitrogens with zero attached hydrogens (tertiary/aromatic N) is 1. The van der Waals surface area contributed by atoms with E-state index in [-0.39, 0.29) is 24.4 Å². The van der Waals surface area contributed by atoms with E-state index in [9.17, 15) is 18.8 Å². The second-order valence-electron chi connectivity index (χ2n) is 8.17. The molecule has 4 aliphatic rings. The minimum Gasteiger partial charge on any atom is -0.322 e. The lowest BCUT2D eigenvalue weighted by atomic mass is 9.78. The van der Waals surface area contributed by atoms with Crippen molar-refractivity contribution in [1.82, 2.24) is 15.5 Å². The molecule has 1 aromatic rings. The third-order valence-corrected chi connectivity index (χ3v) is 6.78. The number of imide groups is 1. The van der Waals surface area contributed by atoms with Gasteiger partial charge in [-0.2, -0.15) is 0 Å². The molecular weight excluding hydrogens is 349 g/mol. The Balaban J connectivity index is 1.51. The van der Waals surface area contributed by atoms with Crippen LogP contribution in [-0.4, -0.2) is 41.8 Å². The monoisotopic (exact) mass is 371 g/mol. The Morgan fingerprint density at radius 1 is 1.04 bits per heavy atom. The number of rotatable bonds is 2. The fourth-order valence-corrected chi connectivity index (χ4v) is 5.56. The van der Waals surface area contributed by atoms with Crippen molar-refractivity contribution in [3.05, 3.63) is 34.6 Å². The summed E-state index contributed by atoms with van der Waals surface area (Å²) < 4.78 is 14.6. The topological polar surface area (TPSA) is 78.5 Å². The molecule has 0 spiro atoms. The Kier molecular flexibility index (Phi) is 3.82. The zero-order chi connectivity index (χ0) is 18.7. The summed E-state index contributed by atoms with van der Waals surface area (Å²) in [6, 6.07) is 2.54. The average Bonchev–Trinajstić information content (AvgIpc) is 3.09. The summed E-state index contributed by atoms with van der Waals surface area (Å²) in [6.45, 7) is 2.16. The average molecular weight is 371 g/mol. The van der Waals surface area contributed by atoms with Gasteiger partial charge in [0, 0.05) is 13.0 Å². The number of amides is 3. The summed E-state index contributed by atoms with van der Waals surface area (Å²) in [6.07, 6.45) is 2.79. The van der Waals surface area contributed by atoms with Crippen LogP contribution in [0.25, 0.3) is 0 Å². The smallest absolute Gasteiger partial charge is 0.258 e. The Morgan fingerprint density at radius 2 is 1.78 bits per heavy atom. The molecule has 2 saturated heterocycles. The molecule has 27 heavy (non-hydrogen) atoms. The van der Waals surface area contributed by atoms with Crippen LogP contribution in [-0.2, 0) is 16.1 Å². The molecular formula is C20H22FN3O3. The van der Waals surface area contributed by atoms with E-state index in [0.717, 1.165) is 37.1 Å². The van der Waals surface area contributed by atoms with Crippen LogP contribution >= 0.6 is 0 Å². The van der Waals surface area contributed by atoms with Crippen molar-refractivity contribution >= 4 is 17.7 Å². The first-order valence-electron chi connectivity index (χ1n) is 9.71. The second kappa shape index (κ2) is 6.12. The molecule has 142 valence electrons. The van der Waals surface area contributed by atoms with Crippen LogP contribution in [0.2, 0.25) is 0 Å². The fourth-order valence-electron chi connectivity index (χ4n) is 5.56. The van der Waals surface area contributed by atoms with E-state index in [1.54, 1.807) is 0 Å². The molecule has 2 bridgehead atoms. The van der Waals surface area contributed by atoms with Gasteiger partial charge in [0.15, 0.2) is 0 Å². The van der Waals surface area contributed by atoms with Crippen molar-refractivity contribution in [2.45, 2.75) is 44.2 Å². The predicted molar refractivity (Wildman–Crippen MR) is 94.3 cm³/mol. The summed E-state index contributed by atoms with van der Waals surface area (Å²) in [5.74, 6) is -0.365. The van der Waals surface area contributed by atoms with Gasteiger partial charge in [0.25, 0.3) is 5.91 Å². The maximum atomic E-state index is 14.6. The molecule has 6 nitrogen and oxygen atoms in total. The highest BCUT2D eigenvalue weighted by Crippen LogP contribution is 2.48. The Hall–Kier alpha value is -2.28. The van der Waals surface area contributed by atoms with Crippen molar-refractivity contribution in [2.75, 3.05) is 13.1 Å². The molecule has 2 unspecified atom stereocenters. The number of nitrogens with one attached hydrogen (secondary N) is 2. The van der Waals surface area contributed by atoms with E-state index < -0.39 is 23.7 Å². The van der Waals surface area contributed by atoms with Gasteiger partial charge in [-0.3, -0.25) is 19.7 Å². The third kappa shape index (κ3) is 2.51. The van der Waals surface area contributed by atoms with Gasteiger partial charge in [-0.1, -0.05) is 6.07 Å². The second-order valence-corrected chi connectivity index (χ2v) is 8.17. The van der Waals surface area contributed by atoms with Crippen molar-refractivity contribution < 1.29 is 18.8 Å². The van der Waals surface area contributed by atoms with Crippen LogP contribution in [0.5, 0.6) is 0 Å². The Labute approximate surface area is 156 Å². The minimum absolute atomic E-state index is 0.120. The molecule has 2 N–H and O–H groups in total. The molecule has 1 aliphatic carbocycles. The summed E-state index contributed by atoms with van der Waals surface area (Å²) >= 11 is 0. The number of fused-ring (bicyclic) bond motifs is 3. The van der Waals surface area contributed by atoms with E-state index in [0.29, 0.717) is 24.2 Å². The molecule has 3 aliphatic heterocycles. The first-order valence-corrected chi connectivity index (χ1v) is 9.71. The first kappa shape index (κ1) is 16.9. The number of halogens is 1. The van der Waals surface area contributed by atoms with Crippen LogP contribution in [0.15, 0.2) is 12.1 Å². The quantitative estimate of drug-likeness (QED) is 0.768. The summed E-state index contributed by atoms with van der Waals surface area (Å²) in [5.41, 5.74) is 1.94. The molecule has 1 saturated carbocycles. The van der Waals surface area contributed by atoms with Crippen molar-refractivity contribution in [1.29, 1.82) is 0 Å². The first-order chi connectivity index (χ1) is 13.0. The van der Waals surface area contributed by atoms with Gasteiger partial charge in [-0.05, 0) is 67.3 Å². The fraction of sp³-hybridized carbons (Fsp3) is 0.550. The zero-order valence-electron chi connectivity index (χ0n) is 15.0. The van der Waals surface area contributed by atoms with Gasteiger partial charge >= 0.3 is 0 Å². The van der Waals surface area contributed by atoms with Gasteiger partial charge in [-0.15, -0.1) is 0 Å². The molecule has 7 heteroatoms. The van der Waals surface area contributed by atoms with Crippen molar-refractivity contribution in [3.8, 4) is 0 Å². The molecule has 3 amide bonds. The Morgan fingerprint density at radius 3 is 2.48 bits per heavy atom. The summed E-state index contributed by atoms with van der Waals surface area (Å²) in [4.78, 5) is 38.1. The maximum absolute atomic E-state index is 14.6. The summed E-state index contributed by atoms with van der Waals surface area (Å²) in [5, 5.41) is 5.77. The lowest BCUT2D eigenvalue weighted by molar-refractivity contribution is -0.136. The summed E-state index contributed by atoms with van der Waals surface area (Å²) in [7, 11) is 0. The number of benzene rings is 1. The lowest BCUT2D eigenvalue weighted by Crippen LogP contribution is -2.52. The number of carbonyl (C=O) groups is 3. The van der Waals surface area contributed by atoms with Crippen LogP contribution in [0, 0.1) is 17.7 Å². The number of carbonyl (C=O) groups excluding carboxylic acids is 3. The predicted octanol–water partition coefficient (Wildman–Crippen LogP) is 1.30. The van der Waals surface area contributed by atoms with E-state index in [4.69, 9.17) is 0 Å². The third-order valence-electron chi connectivity index (χ3n) is 6.78. The maximum Gasteiger partial charge on any atom is 0.258 e. The lowest BCUT2D eigenvalue weighted by Gasteiger charge is -2.33. The molecule has 0 aromatic heterocycles. The minimum atomic E-state index is -0.709. The Bertz CT molecular complexity index is 839. The standard InChI is InChI=1S/C20H22FN3O3/c21-14-4-3-12(17-10-1-2-11(17)8-22-7-10)13-9-24(20(27)18(13)14)15-5-6-16(25)23-19(15)26/h3-4,10-11,15,17,22H,1-2,5-9H2,(H,23,25,26)/t10-,11+,15?,17?. The number of hydrogen-bond acceptors (Lipinski definition) is 4. The van der Waals surface area contributed by atoms with Crippen LogP contribution < -0.4 is 10.6 Å². The highest BCUT2D eigenvalue weighted by atomic mass is 19.1.